The minimum absolute atomic E-state index is 0.0382. The summed E-state index contributed by atoms with van der Waals surface area (Å²) in [6.45, 7) is 4.28. The van der Waals surface area contributed by atoms with Crippen LogP contribution in [-0.4, -0.2) is 18.0 Å². The number of ketones is 1. The SMILES string of the molecule is CC1CC(C)OC(CC(=O)c2ccco2)C1. The lowest BCUT2D eigenvalue weighted by Crippen LogP contribution is -2.31. The first-order valence-corrected chi connectivity index (χ1v) is 5.87. The third-order valence-corrected chi connectivity index (χ3v) is 3.03. The van der Waals surface area contributed by atoms with Crippen molar-refractivity contribution in [2.24, 2.45) is 5.92 Å². The molecular weight excluding hydrogens is 204 g/mol. The summed E-state index contributed by atoms with van der Waals surface area (Å²) in [5, 5.41) is 0. The van der Waals surface area contributed by atoms with Gasteiger partial charge in [-0.05, 0) is 37.8 Å². The van der Waals surface area contributed by atoms with E-state index in [9.17, 15) is 4.79 Å². The van der Waals surface area contributed by atoms with Crippen LogP contribution in [0.1, 0.15) is 43.7 Å². The standard InChI is InChI=1S/C13H18O3/c1-9-6-10(2)16-11(7-9)8-12(14)13-4-3-5-15-13/h3-5,9-11H,6-8H2,1-2H3. The van der Waals surface area contributed by atoms with Gasteiger partial charge >= 0.3 is 0 Å². The van der Waals surface area contributed by atoms with E-state index in [0.29, 0.717) is 18.1 Å². The smallest absolute Gasteiger partial charge is 0.200 e. The summed E-state index contributed by atoms with van der Waals surface area (Å²) in [6, 6.07) is 3.44. The third-order valence-electron chi connectivity index (χ3n) is 3.03. The molecule has 3 unspecified atom stereocenters. The maximum atomic E-state index is 11.8. The van der Waals surface area contributed by atoms with Crippen LogP contribution in [0.3, 0.4) is 0 Å². The molecule has 1 aliphatic heterocycles. The number of furan rings is 1. The lowest BCUT2D eigenvalue weighted by molar-refractivity contribution is -0.0577. The third kappa shape index (κ3) is 2.73. The fourth-order valence-corrected chi connectivity index (χ4v) is 2.43. The molecule has 1 aromatic rings. The molecule has 1 aromatic heterocycles. The quantitative estimate of drug-likeness (QED) is 0.738. The zero-order chi connectivity index (χ0) is 11.5. The van der Waals surface area contributed by atoms with Gasteiger partial charge in [0.2, 0.25) is 5.78 Å². The molecule has 2 heterocycles. The topological polar surface area (TPSA) is 39.4 Å². The van der Waals surface area contributed by atoms with Gasteiger partial charge in [0, 0.05) is 6.42 Å². The van der Waals surface area contributed by atoms with Crippen LogP contribution in [0.4, 0.5) is 0 Å². The van der Waals surface area contributed by atoms with Gasteiger partial charge in [0.15, 0.2) is 5.76 Å². The molecule has 0 saturated carbocycles. The summed E-state index contributed by atoms with van der Waals surface area (Å²) in [5.41, 5.74) is 0. The highest BCUT2D eigenvalue weighted by Gasteiger charge is 2.27. The van der Waals surface area contributed by atoms with E-state index in [0.717, 1.165) is 12.8 Å². The van der Waals surface area contributed by atoms with Crippen LogP contribution in [-0.2, 0) is 4.74 Å². The first kappa shape index (κ1) is 11.4. The Kier molecular flexibility index (Phi) is 3.44. The molecule has 1 aliphatic rings. The second-order valence-corrected chi connectivity index (χ2v) is 4.75. The molecule has 0 N–H and O–H groups in total. The number of ether oxygens (including phenoxy) is 1. The maximum Gasteiger partial charge on any atom is 0.200 e. The zero-order valence-corrected chi connectivity index (χ0v) is 9.81. The molecule has 0 amide bonds. The van der Waals surface area contributed by atoms with E-state index < -0.39 is 0 Å². The number of carbonyl (C=O) groups is 1. The Morgan fingerprint density at radius 3 is 2.88 bits per heavy atom. The van der Waals surface area contributed by atoms with Crippen molar-refractivity contribution in [3.05, 3.63) is 24.2 Å². The molecule has 88 valence electrons. The number of hydrogen-bond acceptors (Lipinski definition) is 3. The van der Waals surface area contributed by atoms with Crippen molar-refractivity contribution in [2.45, 2.75) is 45.3 Å². The fraction of sp³-hybridized carbons (Fsp3) is 0.615. The Morgan fingerprint density at radius 2 is 2.25 bits per heavy atom. The highest BCUT2D eigenvalue weighted by atomic mass is 16.5. The molecule has 3 heteroatoms. The second-order valence-electron chi connectivity index (χ2n) is 4.75. The Bertz CT molecular complexity index is 332. The summed E-state index contributed by atoms with van der Waals surface area (Å²) < 4.78 is 10.8. The Morgan fingerprint density at radius 1 is 1.44 bits per heavy atom. The minimum atomic E-state index is 0.0382. The molecule has 0 spiro atoms. The summed E-state index contributed by atoms with van der Waals surface area (Å²) in [6.07, 6.45) is 4.33. The average Bonchev–Trinajstić information content (AvgIpc) is 2.68. The molecule has 2 rings (SSSR count). The number of Topliss-reactive ketones (excluding diaryl/α,β-unsaturated/α-hetero) is 1. The average molecular weight is 222 g/mol. The van der Waals surface area contributed by atoms with Crippen LogP contribution >= 0.6 is 0 Å². The van der Waals surface area contributed by atoms with Gasteiger partial charge in [0.05, 0.1) is 18.5 Å². The molecule has 0 aromatic carbocycles. The van der Waals surface area contributed by atoms with Crippen molar-refractivity contribution in [1.82, 2.24) is 0 Å². The molecule has 1 fully saturated rings. The van der Waals surface area contributed by atoms with E-state index in [1.54, 1.807) is 12.1 Å². The van der Waals surface area contributed by atoms with Gasteiger partial charge in [-0.1, -0.05) is 6.92 Å². The molecule has 0 bridgehead atoms. The van der Waals surface area contributed by atoms with Gasteiger partial charge < -0.3 is 9.15 Å². The molecule has 16 heavy (non-hydrogen) atoms. The van der Waals surface area contributed by atoms with Crippen LogP contribution in [0.15, 0.2) is 22.8 Å². The van der Waals surface area contributed by atoms with E-state index in [1.165, 1.54) is 6.26 Å². The van der Waals surface area contributed by atoms with Gasteiger partial charge in [-0.2, -0.15) is 0 Å². The van der Waals surface area contributed by atoms with Crippen molar-refractivity contribution >= 4 is 5.78 Å². The highest BCUT2D eigenvalue weighted by molar-refractivity contribution is 5.93. The van der Waals surface area contributed by atoms with Crippen LogP contribution < -0.4 is 0 Å². The van der Waals surface area contributed by atoms with Gasteiger partial charge in [-0.25, -0.2) is 0 Å². The Labute approximate surface area is 95.8 Å². The summed E-state index contributed by atoms with van der Waals surface area (Å²) in [4.78, 5) is 11.8. The van der Waals surface area contributed by atoms with E-state index in [-0.39, 0.29) is 18.0 Å². The number of rotatable bonds is 3. The molecule has 3 nitrogen and oxygen atoms in total. The Balaban J connectivity index is 1.92. The van der Waals surface area contributed by atoms with Gasteiger partial charge in [0.25, 0.3) is 0 Å². The van der Waals surface area contributed by atoms with Gasteiger partial charge in [0.1, 0.15) is 0 Å². The number of carbonyl (C=O) groups excluding carboxylic acids is 1. The largest absolute Gasteiger partial charge is 0.461 e. The molecular formula is C13H18O3. The number of hydrogen-bond donors (Lipinski definition) is 0. The predicted octanol–water partition coefficient (Wildman–Crippen LogP) is 3.06. The second kappa shape index (κ2) is 4.83. The fourth-order valence-electron chi connectivity index (χ4n) is 2.43. The van der Waals surface area contributed by atoms with E-state index >= 15 is 0 Å². The van der Waals surface area contributed by atoms with Crippen molar-refractivity contribution in [3.63, 3.8) is 0 Å². The van der Waals surface area contributed by atoms with Crippen LogP contribution in [0.25, 0.3) is 0 Å². The van der Waals surface area contributed by atoms with Crippen LogP contribution in [0, 0.1) is 5.92 Å². The van der Waals surface area contributed by atoms with Crippen molar-refractivity contribution < 1.29 is 13.9 Å². The maximum absolute atomic E-state index is 11.8. The van der Waals surface area contributed by atoms with Crippen molar-refractivity contribution in [2.75, 3.05) is 0 Å². The predicted molar refractivity (Wildman–Crippen MR) is 60.4 cm³/mol. The van der Waals surface area contributed by atoms with Crippen LogP contribution in [0.5, 0.6) is 0 Å². The lowest BCUT2D eigenvalue weighted by Gasteiger charge is -2.31. The molecule has 3 atom stereocenters. The summed E-state index contributed by atoms with van der Waals surface area (Å²) in [5.74, 6) is 1.11. The zero-order valence-electron chi connectivity index (χ0n) is 9.81. The van der Waals surface area contributed by atoms with Crippen LogP contribution in [0.2, 0.25) is 0 Å². The summed E-state index contributed by atoms with van der Waals surface area (Å²) in [7, 11) is 0. The van der Waals surface area contributed by atoms with E-state index in [1.807, 2.05) is 0 Å². The van der Waals surface area contributed by atoms with Gasteiger partial charge in [-0.3, -0.25) is 4.79 Å². The van der Waals surface area contributed by atoms with Crippen molar-refractivity contribution in [1.29, 1.82) is 0 Å². The molecule has 1 saturated heterocycles. The van der Waals surface area contributed by atoms with E-state index in [4.69, 9.17) is 9.15 Å². The monoisotopic (exact) mass is 222 g/mol. The Hall–Kier alpha value is -1.09. The normalized spacial score (nSPS) is 30.2. The summed E-state index contributed by atoms with van der Waals surface area (Å²) >= 11 is 0. The molecule has 0 radical (unpaired) electrons. The first-order valence-electron chi connectivity index (χ1n) is 5.87. The minimum Gasteiger partial charge on any atom is -0.461 e. The van der Waals surface area contributed by atoms with Crippen molar-refractivity contribution in [3.8, 4) is 0 Å². The highest BCUT2D eigenvalue weighted by Crippen LogP contribution is 2.26. The molecule has 0 aliphatic carbocycles. The first-order chi connectivity index (χ1) is 7.65. The van der Waals surface area contributed by atoms with Gasteiger partial charge in [-0.15, -0.1) is 0 Å². The van der Waals surface area contributed by atoms with E-state index in [2.05, 4.69) is 13.8 Å². The lowest BCUT2D eigenvalue weighted by atomic mass is 9.91.